The van der Waals surface area contributed by atoms with Crippen LogP contribution >= 0.6 is 0 Å². The van der Waals surface area contributed by atoms with E-state index in [0.29, 0.717) is 0 Å². The third-order valence-corrected chi connectivity index (χ3v) is 1.46. The molecule has 0 aromatic carbocycles. The lowest BCUT2D eigenvalue weighted by atomic mass is 10.4. The van der Waals surface area contributed by atoms with Crippen molar-refractivity contribution in [2.24, 2.45) is 0 Å². The molecule has 0 fully saturated rings. The van der Waals surface area contributed by atoms with Gasteiger partial charge in [-0.15, -0.1) is 0 Å². The fourth-order valence-corrected chi connectivity index (χ4v) is 0.897. The molecule has 0 bridgehead atoms. The highest BCUT2D eigenvalue weighted by molar-refractivity contribution is 4.56. The molecule has 1 rings (SSSR count). The van der Waals surface area contributed by atoms with E-state index in [1.54, 1.807) is 12.7 Å². The molecule has 4 nitrogen and oxygen atoms in total. The van der Waals surface area contributed by atoms with Crippen molar-refractivity contribution >= 4 is 0 Å². The van der Waals surface area contributed by atoms with E-state index < -0.39 is 0 Å². The maximum atomic E-state index is 4.00. The van der Waals surface area contributed by atoms with Gasteiger partial charge in [-0.05, 0) is 27.1 Å². The van der Waals surface area contributed by atoms with Gasteiger partial charge in [0, 0.05) is 6.54 Å². The fraction of sp³-hybridized carbons (Fsp3) is 0.714. The van der Waals surface area contributed by atoms with Crippen LogP contribution < -0.4 is 0 Å². The highest BCUT2D eigenvalue weighted by atomic mass is 15.3. The third-order valence-electron chi connectivity index (χ3n) is 1.46. The minimum absolute atomic E-state index is 0.957. The summed E-state index contributed by atoms with van der Waals surface area (Å²) in [4.78, 5) is 6.02. The van der Waals surface area contributed by atoms with Gasteiger partial charge in [0.1, 0.15) is 12.7 Å². The Morgan fingerprint density at radius 1 is 1.45 bits per heavy atom. The molecular weight excluding hydrogens is 140 g/mol. The fourth-order valence-electron chi connectivity index (χ4n) is 0.897. The van der Waals surface area contributed by atoms with Crippen molar-refractivity contribution in [2.45, 2.75) is 13.0 Å². The minimum atomic E-state index is 0.957. The largest absolute Gasteiger partial charge is 0.309 e. The van der Waals surface area contributed by atoms with Crippen LogP contribution in [0.15, 0.2) is 12.7 Å². The summed E-state index contributed by atoms with van der Waals surface area (Å²) in [5.41, 5.74) is 0. The molecule has 0 saturated heterocycles. The van der Waals surface area contributed by atoms with Crippen LogP contribution in [-0.4, -0.2) is 40.3 Å². The van der Waals surface area contributed by atoms with Crippen molar-refractivity contribution < 1.29 is 0 Å². The van der Waals surface area contributed by atoms with Crippen LogP contribution in [-0.2, 0) is 6.54 Å². The summed E-state index contributed by atoms with van der Waals surface area (Å²) in [5, 5.41) is 4.00. The number of rotatable bonds is 4. The van der Waals surface area contributed by atoms with E-state index in [4.69, 9.17) is 0 Å². The molecular formula is C7H14N4. The average Bonchev–Trinajstić information content (AvgIpc) is 2.39. The van der Waals surface area contributed by atoms with Gasteiger partial charge < -0.3 is 4.90 Å². The Kier molecular flexibility index (Phi) is 3.04. The standard InChI is InChI=1S/C7H14N4/c1-10(2)4-3-5-11-7-8-6-9-11/h6-7H,3-5H2,1-2H3. The van der Waals surface area contributed by atoms with Gasteiger partial charge >= 0.3 is 0 Å². The van der Waals surface area contributed by atoms with Crippen molar-refractivity contribution in [1.29, 1.82) is 0 Å². The van der Waals surface area contributed by atoms with Crippen molar-refractivity contribution in [3.8, 4) is 0 Å². The third kappa shape index (κ3) is 3.13. The highest BCUT2D eigenvalue weighted by Crippen LogP contribution is 1.87. The SMILES string of the molecule is CN(C)CCCn1cncn1. The molecule has 11 heavy (non-hydrogen) atoms. The Morgan fingerprint density at radius 2 is 2.27 bits per heavy atom. The molecule has 0 N–H and O–H groups in total. The zero-order valence-electron chi connectivity index (χ0n) is 7.06. The predicted molar refractivity (Wildman–Crippen MR) is 43.2 cm³/mol. The first-order valence-electron chi connectivity index (χ1n) is 3.76. The van der Waals surface area contributed by atoms with E-state index in [2.05, 4.69) is 29.1 Å². The zero-order valence-corrected chi connectivity index (χ0v) is 7.06. The summed E-state index contributed by atoms with van der Waals surface area (Å²) in [6.45, 7) is 2.05. The Hall–Kier alpha value is -0.900. The van der Waals surface area contributed by atoms with Gasteiger partial charge in [-0.3, -0.25) is 4.68 Å². The Balaban J connectivity index is 2.14. The van der Waals surface area contributed by atoms with Gasteiger partial charge in [0.25, 0.3) is 0 Å². The van der Waals surface area contributed by atoms with Crippen molar-refractivity contribution in [3.63, 3.8) is 0 Å². The molecule has 0 spiro atoms. The van der Waals surface area contributed by atoms with Crippen molar-refractivity contribution in [1.82, 2.24) is 19.7 Å². The molecule has 0 amide bonds. The lowest BCUT2D eigenvalue weighted by molar-refractivity contribution is 0.380. The maximum absolute atomic E-state index is 4.00. The van der Waals surface area contributed by atoms with Gasteiger partial charge in [-0.1, -0.05) is 0 Å². The average molecular weight is 154 g/mol. The van der Waals surface area contributed by atoms with Gasteiger partial charge in [-0.2, -0.15) is 5.10 Å². The molecule has 0 aliphatic rings. The lowest BCUT2D eigenvalue weighted by Gasteiger charge is -2.07. The first kappa shape index (κ1) is 8.20. The van der Waals surface area contributed by atoms with Crippen LogP contribution in [0.4, 0.5) is 0 Å². The van der Waals surface area contributed by atoms with Crippen LogP contribution in [0.3, 0.4) is 0 Å². The lowest BCUT2D eigenvalue weighted by Crippen LogP contribution is -2.15. The van der Waals surface area contributed by atoms with Gasteiger partial charge in [0.05, 0.1) is 0 Å². The summed E-state index contributed by atoms with van der Waals surface area (Å²) >= 11 is 0. The number of hydrogen-bond acceptors (Lipinski definition) is 3. The Morgan fingerprint density at radius 3 is 2.82 bits per heavy atom. The first-order chi connectivity index (χ1) is 5.29. The van der Waals surface area contributed by atoms with E-state index in [-0.39, 0.29) is 0 Å². The number of aryl methyl sites for hydroxylation is 1. The monoisotopic (exact) mass is 154 g/mol. The Bertz CT molecular complexity index is 180. The van der Waals surface area contributed by atoms with Crippen molar-refractivity contribution in [2.75, 3.05) is 20.6 Å². The van der Waals surface area contributed by atoms with Crippen LogP contribution in [0.25, 0.3) is 0 Å². The molecule has 1 aromatic rings. The molecule has 4 heteroatoms. The quantitative estimate of drug-likeness (QED) is 0.622. The summed E-state index contributed by atoms with van der Waals surface area (Å²) in [7, 11) is 4.14. The summed E-state index contributed by atoms with van der Waals surface area (Å²) in [5.74, 6) is 0. The van der Waals surface area contributed by atoms with E-state index in [1.807, 2.05) is 4.68 Å². The smallest absolute Gasteiger partial charge is 0.137 e. The molecule has 0 atom stereocenters. The normalized spacial score (nSPS) is 10.8. The summed E-state index contributed by atoms with van der Waals surface area (Å²) < 4.78 is 1.85. The summed E-state index contributed by atoms with van der Waals surface area (Å²) in [6, 6.07) is 0. The number of aromatic nitrogens is 3. The van der Waals surface area contributed by atoms with Gasteiger partial charge in [-0.25, -0.2) is 4.98 Å². The molecule has 0 aliphatic carbocycles. The number of nitrogens with zero attached hydrogens (tertiary/aromatic N) is 4. The zero-order chi connectivity index (χ0) is 8.10. The molecule has 1 aromatic heterocycles. The Labute approximate surface area is 66.8 Å². The molecule has 62 valence electrons. The van der Waals surface area contributed by atoms with E-state index in [0.717, 1.165) is 19.5 Å². The van der Waals surface area contributed by atoms with E-state index in [9.17, 15) is 0 Å². The molecule has 0 saturated carbocycles. The highest BCUT2D eigenvalue weighted by Gasteiger charge is 1.92. The molecule has 0 unspecified atom stereocenters. The topological polar surface area (TPSA) is 34.0 Å². The van der Waals surface area contributed by atoms with Gasteiger partial charge in [0.15, 0.2) is 0 Å². The molecule has 0 radical (unpaired) electrons. The van der Waals surface area contributed by atoms with Crippen LogP contribution in [0, 0.1) is 0 Å². The number of hydrogen-bond donors (Lipinski definition) is 0. The van der Waals surface area contributed by atoms with Crippen LogP contribution in [0.1, 0.15) is 6.42 Å². The molecule has 1 heterocycles. The van der Waals surface area contributed by atoms with Crippen LogP contribution in [0.2, 0.25) is 0 Å². The second-order valence-electron chi connectivity index (χ2n) is 2.82. The minimum Gasteiger partial charge on any atom is -0.309 e. The van der Waals surface area contributed by atoms with Crippen LogP contribution in [0.5, 0.6) is 0 Å². The second kappa shape index (κ2) is 4.08. The van der Waals surface area contributed by atoms with E-state index in [1.165, 1.54) is 0 Å². The maximum Gasteiger partial charge on any atom is 0.137 e. The van der Waals surface area contributed by atoms with Crippen molar-refractivity contribution in [3.05, 3.63) is 12.7 Å². The van der Waals surface area contributed by atoms with Gasteiger partial charge in [0.2, 0.25) is 0 Å². The molecule has 0 aliphatic heterocycles. The summed E-state index contributed by atoms with van der Waals surface area (Å²) in [6.07, 6.45) is 4.43. The second-order valence-corrected chi connectivity index (χ2v) is 2.82. The predicted octanol–water partition coefficient (Wildman–Crippen LogP) is 0.230. The van der Waals surface area contributed by atoms with E-state index >= 15 is 0 Å². The first-order valence-corrected chi connectivity index (χ1v) is 3.76.